The van der Waals surface area contributed by atoms with Gasteiger partial charge in [-0.1, -0.05) is 17.8 Å². The third kappa shape index (κ3) is 2.78. The number of imidazole rings is 1. The van der Waals surface area contributed by atoms with Crippen LogP contribution in [-0.2, 0) is 4.79 Å². The second-order valence-corrected chi connectivity index (χ2v) is 5.00. The molecule has 1 N–H and O–H groups in total. The summed E-state index contributed by atoms with van der Waals surface area (Å²) in [6.45, 7) is 5.61. The van der Waals surface area contributed by atoms with E-state index in [0.717, 1.165) is 11.8 Å². The highest BCUT2D eigenvalue weighted by Crippen LogP contribution is 2.28. The Morgan fingerprint density at radius 1 is 1.68 bits per heavy atom. The van der Waals surface area contributed by atoms with Crippen molar-refractivity contribution in [3.05, 3.63) is 36.7 Å². The molecule has 19 heavy (non-hydrogen) atoms. The summed E-state index contributed by atoms with van der Waals surface area (Å²) in [5, 5.41) is 9.29. The van der Waals surface area contributed by atoms with E-state index in [9.17, 15) is 9.18 Å². The van der Waals surface area contributed by atoms with Crippen molar-refractivity contribution in [3.63, 3.8) is 0 Å². The van der Waals surface area contributed by atoms with Crippen LogP contribution in [0.3, 0.4) is 0 Å². The van der Waals surface area contributed by atoms with E-state index < -0.39 is 5.97 Å². The molecule has 6 heteroatoms. The summed E-state index contributed by atoms with van der Waals surface area (Å²) in [5.41, 5.74) is 1.28. The minimum atomic E-state index is -0.916. The van der Waals surface area contributed by atoms with E-state index in [-0.39, 0.29) is 17.6 Å². The molecule has 1 unspecified atom stereocenters. The summed E-state index contributed by atoms with van der Waals surface area (Å²) in [6, 6.07) is 4.22. The Balaban J connectivity index is 2.54. The van der Waals surface area contributed by atoms with Crippen LogP contribution in [0.25, 0.3) is 11.0 Å². The van der Waals surface area contributed by atoms with E-state index >= 15 is 0 Å². The van der Waals surface area contributed by atoms with E-state index in [1.54, 1.807) is 16.7 Å². The maximum atomic E-state index is 13.3. The van der Waals surface area contributed by atoms with Crippen LogP contribution >= 0.6 is 11.8 Å². The Labute approximate surface area is 113 Å². The zero-order valence-electron chi connectivity index (χ0n) is 10.3. The highest BCUT2D eigenvalue weighted by Gasteiger charge is 2.16. The Morgan fingerprint density at radius 2 is 2.42 bits per heavy atom. The number of hydrogen-bond acceptors (Lipinski definition) is 3. The monoisotopic (exact) mass is 280 g/mol. The number of benzene rings is 1. The number of carboxylic acids is 1. The smallest absolute Gasteiger partial charge is 0.313 e. The zero-order chi connectivity index (χ0) is 14.0. The van der Waals surface area contributed by atoms with Gasteiger partial charge in [0.05, 0.1) is 22.8 Å². The van der Waals surface area contributed by atoms with Crippen molar-refractivity contribution in [1.82, 2.24) is 9.55 Å². The average molecular weight is 280 g/mol. The minimum Gasteiger partial charge on any atom is -0.481 e. The van der Waals surface area contributed by atoms with Crippen molar-refractivity contribution >= 4 is 28.8 Å². The number of halogens is 1. The third-order valence-electron chi connectivity index (χ3n) is 2.69. The van der Waals surface area contributed by atoms with E-state index in [4.69, 9.17) is 5.11 Å². The molecule has 1 heterocycles. The van der Waals surface area contributed by atoms with Crippen LogP contribution in [0.1, 0.15) is 13.0 Å². The van der Waals surface area contributed by atoms with Crippen LogP contribution in [-0.4, -0.2) is 26.4 Å². The summed E-state index contributed by atoms with van der Waals surface area (Å²) in [5.74, 6) is -1.35. The predicted octanol–water partition coefficient (Wildman–Crippen LogP) is 3.10. The molecule has 0 spiro atoms. The molecule has 0 amide bonds. The summed E-state index contributed by atoms with van der Waals surface area (Å²) in [4.78, 5) is 15.0. The topological polar surface area (TPSA) is 55.1 Å². The van der Waals surface area contributed by atoms with Crippen LogP contribution in [0, 0.1) is 5.82 Å². The molecule has 100 valence electrons. The molecule has 1 aromatic carbocycles. The van der Waals surface area contributed by atoms with Crippen LogP contribution in [0.5, 0.6) is 0 Å². The van der Waals surface area contributed by atoms with Gasteiger partial charge in [0.25, 0.3) is 0 Å². The predicted molar refractivity (Wildman–Crippen MR) is 73.0 cm³/mol. The van der Waals surface area contributed by atoms with Crippen molar-refractivity contribution in [1.29, 1.82) is 0 Å². The first kappa shape index (κ1) is 13.6. The fourth-order valence-corrected chi connectivity index (χ4v) is 2.59. The molecule has 2 rings (SSSR count). The molecule has 0 aliphatic heterocycles. The fraction of sp³-hybridized carbons (Fsp3) is 0.231. The number of aliphatic carboxylic acids is 1. The standard InChI is InChI=1S/C13H13FN2O2S/c1-3-8(2)16-11-6-9(14)4-5-10(11)15-13(16)19-7-12(17)18/h3-6,8H,1,7H2,2H3,(H,17,18). The van der Waals surface area contributed by atoms with Gasteiger partial charge in [-0.2, -0.15) is 0 Å². The SMILES string of the molecule is C=CC(C)n1c(SCC(=O)O)nc2ccc(F)cc21. The number of nitrogens with zero attached hydrogens (tertiary/aromatic N) is 2. The van der Waals surface area contributed by atoms with Crippen LogP contribution in [0.2, 0.25) is 0 Å². The van der Waals surface area contributed by atoms with Crippen molar-refractivity contribution < 1.29 is 14.3 Å². The van der Waals surface area contributed by atoms with Gasteiger partial charge in [0.15, 0.2) is 5.16 Å². The lowest BCUT2D eigenvalue weighted by Crippen LogP contribution is -2.06. The molecule has 4 nitrogen and oxygen atoms in total. The second kappa shape index (κ2) is 5.44. The first-order chi connectivity index (χ1) is 9.02. The van der Waals surface area contributed by atoms with E-state index in [1.807, 2.05) is 6.92 Å². The molecule has 0 saturated carbocycles. The van der Waals surface area contributed by atoms with Crippen molar-refractivity contribution in [2.24, 2.45) is 0 Å². The van der Waals surface area contributed by atoms with Crippen LogP contribution in [0.4, 0.5) is 4.39 Å². The second-order valence-electron chi connectivity index (χ2n) is 4.06. The Bertz CT molecular complexity index is 639. The largest absolute Gasteiger partial charge is 0.481 e. The molecule has 0 bridgehead atoms. The summed E-state index contributed by atoms with van der Waals surface area (Å²) < 4.78 is 15.1. The van der Waals surface area contributed by atoms with Gasteiger partial charge < -0.3 is 9.67 Å². The van der Waals surface area contributed by atoms with Gasteiger partial charge in [0.1, 0.15) is 5.82 Å². The van der Waals surface area contributed by atoms with E-state index in [0.29, 0.717) is 16.2 Å². The lowest BCUT2D eigenvalue weighted by atomic mass is 10.2. The Hall–Kier alpha value is -1.82. The molecule has 0 aliphatic carbocycles. The molecular formula is C13H13FN2O2S. The quantitative estimate of drug-likeness (QED) is 0.675. The number of carboxylic acid groups (broad SMARTS) is 1. The third-order valence-corrected chi connectivity index (χ3v) is 3.63. The summed E-state index contributed by atoms with van der Waals surface area (Å²) in [6.07, 6.45) is 1.71. The number of fused-ring (bicyclic) bond motifs is 1. The lowest BCUT2D eigenvalue weighted by molar-refractivity contribution is -0.133. The Morgan fingerprint density at radius 3 is 3.05 bits per heavy atom. The highest BCUT2D eigenvalue weighted by atomic mass is 32.2. The van der Waals surface area contributed by atoms with E-state index in [1.165, 1.54) is 12.1 Å². The van der Waals surface area contributed by atoms with Crippen molar-refractivity contribution in [2.45, 2.75) is 18.1 Å². The summed E-state index contributed by atoms with van der Waals surface area (Å²) in [7, 11) is 0. The molecule has 0 radical (unpaired) electrons. The normalized spacial score (nSPS) is 12.5. The Kier molecular flexibility index (Phi) is 3.90. The van der Waals surface area contributed by atoms with Gasteiger partial charge in [-0.25, -0.2) is 9.37 Å². The summed E-state index contributed by atoms with van der Waals surface area (Å²) >= 11 is 1.11. The maximum Gasteiger partial charge on any atom is 0.313 e. The van der Waals surface area contributed by atoms with Gasteiger partial charge in [-0.3, -0.25) is 4.79 Å². The van der Waals surface area contributed by atoms with Crippen LogP contribution < -0.4 is 0 Å². The number of aromatic nitrogens is 2. The fourth-order valence-electron chi connectivity index (χ4n) is 1.77. The molecule has 0 fully saturated rings. The van der Waals surface area contributed by atoms with Gasteiger partial charge in [0.2, 0.25) is 0 Å². The average Bonchev–Trinajstić information content (AvgIpc) is 2.73. The van der Waals surface area contributed by atoms with Gasteiger partial charge in [-0.15, -0.1) is 6.58 Å². The van der Waals surface area contributed by atoms with Crippen molar-refractivity contribution in [2.75, 3.05) is 5.75 Å². The molecule has 1 aromatic heterocycles. The molecule has 0 saturated heterocycles. The molecule has 0 aliphatic rings. The number of carbonyl (C=O) groups is 1. The molecule has 1 atom stereocenters. The molecule has 2 aromatic rings. The lowest BCUT2D eigenvalue weighted by Gasteiger charge is -2.12. The number of thioether (sulfide) groups is 1. The first-order valence-electron chi connectivity index (χ1n) is 5.67. The van der Waals surface area contributed by atoms with Gasteiger partial charge in [-0.05, 0) is 25.1 Å². The van der Waals surface area contributed by atoms with E-state index in [2.05, 4.69) is 11.6 Å². The molecular weight excluding hydrogens is 267 g/mol. The van der Waals surface area contributed by atoms with Gasteiger partial charge in [0, 0.05) is 0 Å². The maximum absolute atomic E-state index is 13.3. The van der Waals surface area contributed by atoms with Crippen LogP contribution in [0.15, 0.2) is 36.0 Å². The number of rotatable bonds is 5. The number of allylic oxidation sites excluding steroid dienone is 1. The van der Waals surface area contributed by atoms with Crippen molar-refractivity contribution in [3.8, 4) is 0 Å². The first-order valence-corrected chi connectivity index (χ1v) is 6.66. The number of hydrogen-bond donors (Lipinski definition) is 1. The minimum absolute atomic E-state index is 0.0876. The van der Waals surface area contributed by atoms with Gasteiger partial charge >= 0.3 is 5.97 Å². The highest BCUT2D eigenvalue weighted by molar-refractivity contribution is 7.99. The zero-order valence-corrected chi connectivity index (χ0v) is 11.2.